The maximum atomic E-state index is 14.2. The van der Waals surface area contributed by atoms with Crippen LogP contribution in [0, 0.1) is 11.6 Å². The molecule has 190 valence electrons. The zero-order valence-electron chi connectivity index (χ0n) is 19.3. The number of carbonyl (C=O) groups is 2. The molecule has 0 unspecified atom stereocenters. The summed E-state index contributed by atoms with van der Waals surface area (Å²) >= 11 is 5.55. The fraction of sp³-hybridized carbons (Fsp3) is 0.435. The van der Waals surface area contributed by atoms with Crippen molar-refractivity contribution in [2.45, 2.75) is 57.3 Å². The van der Waals surface area contributed by atoms with E-state index in [1.54, 1.807) is 4.90 Å². The molecular weight excluding hydrogens is 500 g/mol. The molecule has 0 aliphatic carbocycles. The number of nitrogens with zero attached hydrogens (tertiary/aromatic N) is 4. The van der Waals surface area contributed by atoms with Gasteiger partial charge in [0.25, 0.3) is 11.8 Å². The van der Waals surface area contributed by atoms with Gasteiger partial charge in [-0.3, -0.25) is 19.4 Å². The average molecular weight is 522 g/mol. The zero-order chi connectivity index (χ0) is 25.9. The molecule has 3 atom stereocenters. The number of rotatable bonds is 3. The second kappa shape index (κ2) is 8.54. The molecule has 5 heterocycles. The van der Waals surface area contributed by atoms with E-state index in [1.807, 2.05) is 13.8 Å². The van der Waals surface area contributed by atoms with Crippen LogP contribution in [-0.2, 0) is 11.4 Å². The van der Waals surface area contributed by atoms with Gasteiger partial charge in [0.1, 0.15) is 10.6 Å². The molecule has 2 aromatic heterocycles. The van der Waals surface area contributed by atoms with Gasteiger partial charge in [-0.05, 0) is 26.7 Å². The fourth-order valence-corrected chi connectivity index (χ4v) is 5.31. The lowest BCUT2D eigenvalue weighted by Crippen LogP contribution is -2.52. The van der Waals surface area contributed by atoms with E-state index in [-0.39, 0.29) is 24.0 Å². The Kier molecular flexibility index (Phi) is 5.73. The van der Waals surface area contributed by atoms with Gasteiger partial charge in [0.05, 0.1) is 30.2 Å². The summed E-state index contributed by atoms with van der Waals surface area (Å²) < 4.78 is 29.0. The summed E-state index contributed by atoms with van der Waals surface area (Å²) in [5.41, 5.74) is -2.15. The number of pyridine rings is 2. The van der Waals surface area contributed by atoms with E-state index in [9.17, 15) is 28.3 Å². The largest absolute Gasteiger partial charge is 0.503 e. The minimum absolute atomic E-state index is 0.167. The molecular formula is C23H22ClF2N5O5. The van der Waals surface area contributed by atoms with E-state index in [0.29, 0.717) is 25.5 Å². The summed E-state index contributed by atoms with van der Waals surface area (Å²) in [6, 6.07) is -0.704. The molecule has 0 saturated carbocycles. The number of nitrogens with one attached hydrogen (secondary N) is 1. The maximum Gasteiger partial charge on any atom is 0.274 e. The molecule has 5 rings (SSSR count). The van der Waals surface area contributed by atoms with Crippen molar-refractivity contribution in [3.63, 3.8) is 0 Å². The van der Waals surface area contributed by atoms with Gasteiger partial charge in [-0.15, -0.1) is 0 Å². The lowest BCUT2D eigenvalue weighted by molar-refractivity contribution is -0.0655. The van der Waals surface area contributed by atoms with Crippen molar-refractivity contribution < 1.29 is 28.3 Å². The Bertz CT molecular complexity index is 1400. The number of carbonyl (C=O) groups excluding carboxylic acids is 2. The minimum atomic E-state index is -1.14. The third kappa shape index (κ3) is 3.62. The van der Waals surface area contributed by atoms with Crippen LogP contribution in [0.3, 0.4) is 0 Å². The number of hydrogen-bond acceptors (Lipinski definition) is 7. The van der Waals surface area contributed by atoms with Crippen molar-refractivity contribution in [1.82, 2.24) is 19.8 Å². The Morgan fingerprint density at radius 3 is 2.83 bits per heavy atom. The van der Waals surface area contributed by atoms with Crippen molar-refractivity contribution >= 4 is 29.1 Å². The van der Waals surface area contributed by atoms with Gasteiger partial charge in [0.2, 0.25) is 5.43 Å². The number of halogens is 3. The Balaban J connectivity index is 1.54. The first-order valence-electron chi connectivity index (χ1n) is 11.3. The molecule has 2 bridgehead atoms. The Labute approximate surface area is 208 Å². The normalized spacial score (nSPS) is 24.8. The fourth-order valence-electron chi connectivity index (χ4n) is 5.15. The second-order valence-electron chi connectivity index (χ2n) is 9.36. The summed E-state index contributed by atoms with van der Waals surface area (Å²) in [7, 11) is 0. The van der Waals surface area contributed by atoms with Crippen LogP contribution in [0.5, 0.6) is 5.75 Å². The van der Waals surface area contributed by atoms with Crippen LogP contribution in [0.2, 0.25) is 5.02 Å². The van der Waals surface area contributed by atoms with Crippen molar-refractivity contribution in [1.29, 1.82) is 0 Å². The summed E-state index contributed by atoms with van der Waals surface area (Å²) in [5.74, 6) is -4.54. The molecule has 3 aliphatic rings. The molecule has 2 N–H and O–H groups in total. The van der Waals surface area contributed by atoms with E-state index >= 15 is 0 Å². The van der Waals surface area contributed by atoms with Crippen LogP contribution in [0.1, 0.15) is 65.7 Å². The minimum Gasteiger partial charge on any atom is -0.503 e. The molecule has 0 radical (unpaired) electrons. The molecule has 0 aromatic carbocycles. The maximum absolute atomic E-state index is 14.2. The Morgan fingerprint density at radius 1 is 1.39 bits per heavy atom. The van der Waals surface area contributed by atoms with E-state index in [2.05, 4.69) is 15.5 Å². The van der Waals surface area contributed by atoms with Crippen LogP contribution < -0.4 is 10.7 Å². The number of amides is 2. The number of aromatic nitrogens is 2. The smallest absolute Gasteiger partial charge is 0.274 e. The van der Waals surface area contributed by atoms with E-state index in [1.165, 1.54) is 10.8 Å². The van der Waals surface area contributed by atoms with Gasteiger partial charge in [-0.1, -0.05) is 16.8 Å². The van der Waals surface area contributed by atoms with Crippen molar-refractivity contribution in [3.05, 3.63) is 56.2 Å². The highest BCUT2D eigenvalue weighted by atomic mass is 35.5. The average Bonchev–Trinajstić information content (AvgIpc) is 3.18. The van der Waals surface area contributed by atoms with Crippen LogP contribution in [0.25, 0.3) is 0 Å². The van der Waals surface area contributed by atoms with Gasteiger partial charge in [0.15, 0.2) is 28.7 Å². The third-order valence-corrected chi connectivity index (χ3v) is 7.44. The zero-order valence-corrected chi connectivity index (χ0v) is 20.1. The first-order valence-corrected chi connectivity index (χ1v) is 11.7. The van der Waals surface area contributed by atoms with Crippen LogP contribution >= 0.6 is 11.6 Å². The van der Waals surface area contributed by atoms with Crippen molar-refractivity contribution in [3.8, 4) is 5.75 Å². The summed E-state index contributed by atoms with van der Waals surface area (Å²) in [6.45, 7) is 3.45. The monoisotopic (exact) mass is 521 g/mol. The lowest BCUT2D eigenvalue weighted by Gasteiger charge is -2.41. The van der Waals surface area contributed by atoms with Gasteiger partial charge >= 0.3 is 0 Å². The third-order valence-electron chi connectivity index (χ3n) is 7.09. The summed E-state index contributed by atoms with van der Waals surface area (Å²) in [4.78, 5) is 50.2. The van der Waals surface area contributed by atoms with E-state index in [4.69, 9.17) is 16.4 Å². The molecule has 10 nitrogen and oxygen atoms in total. The topological polar surface area (TPSA) is 126 Å². The number of aromatic hydroxyl groups is 1. The molecule has 13 heteroatoms. The highest BCUT2D eigenvalue weighted by molar-refractivity contribution is 6.30. The predicted octanol–water partition coefficient (Wildman–Crippen LogP) is 2.52. The predicted molar refractivity (Wildman–Crippen MR) is 123 cm³/mol. The SMILES string of the molecule is CC1=NO[C@@]2(CC[C@H](C)N3C[C@H]2n2cc(C(=O)NCc4ncc(F)c(Cl)c4F)c(=O)c(O)c2C3=O)C1. The number of oxime groups is 1. The number of fused-ring (bicyclic) bond motifs is 5. The standard InChI is InChI=1S/C23H22ClF2N5O5/c1-10-5-23(36-29-10)4-3-11(2)30-9-15(23)31-8-12(19(32)20(33)18(31)22(30)35)21(34)28-7-14-17(26)16(24)13(25)6-27-14/h6,8,11,15,33H,3-5,7,9H2,1-2H3,(H,28,34)/t11-,15+,23-/m0/s1. The molecule has 1 spiro atoms. The molecule has 3 aliphatic heterocycles. The van der Waals surface area contributed by atoms with Crippen molar-refractivity contribution in [2.24, 2.45) is 5.16 Å². The first kappa shape index (κ1) is 24.2. The first-order chi connectivity index (χ1) is 17.0. The molecule has 2 amide bonds. The Hall–Kier alpha value is -3.54. The van der Waals surface area contributed by atoms with Crippen LogP contribution in [0.15, 0.2) is 22.3 Å². The van der Waals surface area contributed by atoms with E-state index in [0.717, 1.165) is 5.71 Å². The van der Waals surface area contributed by atoms with E-state index < -0.39 is 63.4 Å². The second-order valence-corrected chi connectivity index (χ2v) is 9.74. The van der Waals surface area contributed by atoms with Crippen LogP contribution in [0.4, 0.5) is 8.78 Å². The van der Waals surface area contributed by atoms with Gasteiger partial charge in [-0.25, -0.2) is 8.78 Å². The molecule has 1 saturated heterocycles. The van der Waals surface area contributed by atoms with Gasteiger partial charge < -0.3 is 24.7 Å². The quantitative estimate of drug-likeness (QED) is 0.639. The highest BCUT2D eigenvalue weighted by Crippen LogP contribution is 2.46. The lowest BCUT2D eigenvalue weighted by atomic mass is 9.84. The van der Waals surface area contributed by atoms with Gasteiger partial charge in [-0.2, -0.15) is 0 Å². The molecule has 36 heavy (non-hydrogen) atoms. The highest BCUT2D eigenvalue weighted by Gasteiger charge is 2.53. The molecule has 1 fully saturated rings. The number of hydrogen-bond donors (Lipinski definition) is 2. The summed E-state index contributed by atoms with van der Waals surface area (Å²) in [5, 5.41) is 16.5. The summed E-state index contributed by atoms with van der Waals surface area (Å²) in [6.07, 6.45) is 3.59. The van der Waals surface area contributed by atoms with Crippen LogP contribution in [-0.4, -0.2) is 55.3 Å². The van der Waals surface area contributed by atoms with Gasteiger partial charge in [0, 0.05) is 25.2 Å². The van der Waals surface area contributed by atoms with Crippen molar-refractivity contribution in [2.75, 3.05) is 6.54 Å². The Morgan fingerprint density at radius 2 is 2.14 bits per heavy atom. The molecule has 2 aromatic rings.